The molecule has 0 unspecified atom stereocenters. The van der Waals surface area contributed by atoms with Gasteiger partial charge in [0.2, 0.25) is 0 Å². The Labute approximate surface area is 204 Å². The Hall–Kier alpha value is -2.29. The number of hydrogen-bond acceptors (Lipinski definition) is 6. The molecule has 1 fully saturated rings. The Morgan fingerprint density at radius 2 is 1.91 bits per heavy atom. The third-order valence-electron chi connectivity index (χ3n) is 4.18. The van der Waals surface area contributed by atoms with Crippen molar-refractivity contribution in [3.8, 4) is 5.75 Å². The van der Waals surface area contributed by atoms with Crippen LogP contribution in [0.15, 0.2) is 51.8 Å². The smallest absolute Gasteiger partial charge is 0.326 e. The highest BCUT2D eigenvalue weighted by Crippen LogP contribution is 2.34. The molecule has 0 spiro atoms. The lowest BCUT2D eigenvalue weighted by Gasteiger charge is -2.21. The van der Waals surface area contributed by atoms with E-state index < -0.39 is 29.3 Å². The molecule has 3 rings (SSSR count). The molecular formula is C23H21BrClNO5S. The predicted molar refractivity (Wildman–Crippen MR) is 128 cm³/mol. The molecule has 32 heavy (non-hydrogen) atoms. The lowest BCUT2D eigenvalue weighted by atomic mass is 10.2. The third-order valence-corrected chi connectivity index (χ3v) is 6.07. The predicted octanol–water partition coefficient (Wildman–Crippen LogP) is 6.06. The third kappa shape index (κ3) is 6.37. The second-order valence-corrected chi connectivity index (χ2v) is 10.2. The Bertz CT molecular complexity index is 1100. The standard InChI is InChI=1S/C23H21BrClNO5S/c1-23(2,3)31-20(27)12-26-21(28)19(32-22(26)29)11-14-8-9-18(16(24)10-14)30-13-15-6-4-5-7-17(15)25/h4-11H,12-13H2,1-3H3. The molecule has 1 saturated heterocycles. The molecule has 0 aliphatic carbocycles. The summed E-state index contributed by atoms with van der Waals surface area (Å²) in [6.45, 7) is 5.05. The summed E-state index contributed by atoms with van der Waals surface area (Å²) in [6.07, 6.45) is 1.60. The molecular weight excluding hydrogens is 518 g/mol. The van der Waals surface area contributed by atoms with E-state index in [0.717, 1.165) is 22.2 Å². The van der Waals surface area contributed by atoms with Crippen LogP contribution in [0.1, 0.15) is 31.9 Å². The van der Waals surface area contributed by atoms with Crippen molar-refractivity contribution in [2.24, 2.45) is 0 Å². The van der Waals surface area contributed by atoms with E-state index in [2.05, 4.69) is 15.9 Å². The first-order valence-corrected chi connectivity index (χ1v) is 11.7. The van der Waals surface area contributed by atoms with Crippen molar-refractivity contribution in [3.05, 3.63) is 68.0 Å². The first-order valence-electron chi connectivity index (χ1n) is 9.66. The van der Waals surface area contributed by atoms with Crippen molar-refractivity contribution >= 4 is 62.5 Å². The Balaban J connectivity index is 1.68. The van der Waals surface area contributed by atoms with Gasteiger partial charge in [0.25, 0.3) is 11.1 Å². The first-order chi connectivity index (χ1) is 15.0. The van der Waals surface area contributed by atoms with Crippen LogP contribution in [0.25, 0.3) is 6.08 Å². The van der Waals surface area contributed by atoms with E-state index >= 15 is 0 Å². The molecule has 168 valence electrons. The summed E-state index contributed by atoms with van der Waals surface area (Å²) < 4.78 is 11.7. The van der Waals surface area contributed by atoms with Crippen LogP contribution in [0.2, 0.25) is 5.02 Å². The number of benzene rings is 2. The molecule has 0 saturated carbocycles. The molecule has 9 heteroatoms. The molecule has 0 aromatic heterocycles. The summed E-state index contributed by atoms with van der Waals surface area (Å²) in [4.78, 5) is 38.0. The summed E-state index contributed by atoms with van der Waals surface area (Å²) in [7, 11) is 0. The summed E-state index contributed by atoms with van der Waals surface area (Å²) in [5.41, 5.74) is 0.866. The number of halogens is 2. The van der Waals surface area contributed by atoms with Crippen molar-refractivity contribution in [1.82, 2.24) is 4.90 Å². The van der Waals surface area contributed by atoms with Crippen LogP contribution in [0.3, 0.4) is 0 Å². The lowest BCUT2D eigenvalue weighted by Crippen LogP contribution is -2.37. The zero-order chi connectivity index (χ0) is 23.5. The largest absolute Gasteiger partial charge is 0.488 e. The maximum Gasteiger partial charge on any atom is 0.326 e. The number of ether oxygens (including phenoxy) is 2. The maximum atomic E-state index is 12.6. The number of rotatable bonds is 6. The Kier molecular flexibility index (Phi) is 7.69. The van der Waals surface area contributed by atoms with Crippen LogP contribution in [-0.4, -0.2) is 34.2 Å². The Morgan fingerprint density at radius 1 is 1.19 bits per heavy atom. The van der Waals surface area contributed by atoms with Crippen LogP contribution >= 0.6 is 39.3 Å². The highest BCUT2D eigenvalue weighted by atomic mass is 79.9. The van der Waals surface area contributed by atoms with E-state index in [0.29, 0.717) is 27.4 Å². The molecule has 1 aliphatic heterocycles. The summed E-state index contributed by atoms with van der Waals surface area (Å²) >= 11 is 10.4. The number of carbonyl (C=O) groups excluding carboxylic acids is 3. The zero-order valence-electron chi connectivity index (χ0n) is 17.7. The lowest BCUT2D eigenvalue weighted by molar-refractivity contribution is -0.156. The van der Waals surface area contributed by atoms with E-state index in [9.17, 15) is 14.4 Å². The number of hydrogen-bond donors (Lipinski definition) is 0. The van der Waals surface area contributed by atoms with Crippen molar-refractivity contribution in [1.29, 1.82) is 0 Å². The highest BCUT2D eigenvalue weighted by molar-refractivity contribution is 9.10. The van der Waals surface area contributed by atoms with E-state index in [-0.39, 0.29) is 4.91 Å². The van der Waals surface area contributed by atoms with Gasteiger partial charge in [-0.05, 0) is 78.3 Å². The van der Waals surface area contributed by atoms with Gasteiger partial charge in [-0.2, -0.15) is 0 Å². The van der Waals surface area contributed by atoms with Crippen molar-refractivity contribution in [3.63, 3.8) is 0 Å². The summed E-state index contributed by atoms with van der Waals surface area (Å²) in [6, 6.07) is 12.7. The van der Waals surface area contributed by atoms with Crippen LogP contribution in [0, 0.1) is 0 Å². The topological polar surface area (TPSA) is 72.9 Å². The second kappa shape index (κ2) is 10.1. The molecule has 0 bridgehead atoms. The van der Waals surface area contributed by atoms with Crippen molar-refractivity contribution in [2.75, 3.05) is 6.54 Å². The van der Waals surface area contributed by atoms with Crippen LogP contribution in [0.4, 0.5) is 4.79 Å². The fourth-order valence-corrected chi connectivity index (χ4v) is 4.32. The van der Waals surface area contributed by atoms with Gasteiger partial charge in [0.05, 0.1) is 9.38 Å². The minimum Gasteiger partial charge on any atom is -0.488 e. The van der Waals surface area contributed by atoms with Gasteiger partial charge in [0.1, 0.15) is 24.5 Å². The van der Waals surface area contributed by atoms with Gasteiger partial charge < -0.3 is 9.47 Å². The van der Waals surface area contributed by atoms with Gasteiger partial charge in [-0.25, -0.2) is 0 Å². The molecule has 1 aliphatic rings. The van der Waals surface area contributed by atoms with Gasteiger partial charge in [-0.3, -0.25) is 19.3 Å². The van der Waals surface area contributed by atoms with E-state index in [1.807, 2.05) is 18.2 Å². The number of thioether (sulfide) groups is 1. The first kappa shape index (κ1) is 24.4. The minimum absolute atomic E-state index is 0.232. The second-order valence-electron chi connectivity index (χ2n) is 7.92. The number of amides is 2. The molecule has 6 nitrogen and oxygen atoms in total. The number of esters is 1. The van der Waals surface area contributed by atoms with Crippen LogP contribution in [0.5, 0.6) is 5.75 Å². The van der Waals surface area contributed by atoms with Gasteiger partial charge in [-0.15, -0.1) is 0 Å². The molecule has 1 heterocycles. The molecule has 2 amide bonds. The van der Waals surface area contributed by atoms with Gasteiger partial charge in [0.15, 0.2) is 0 Å². The fourth-order valence-electron chi connectivity index (χ4n) is 2.79. The average Bonchev–Trinajstić information content (AvgIpc) is 2.94. The normalized spacial score (nSPS) is 15.4. The van der Waals surface area contributed by atoms with Crippen molar-refractivity contribution in [2.45, 2.75) is 33.0 Å². The number of imide groups is 1. The van der Waals surface area contributed by atoms with E-state index in [4.69, 9.17) is 21.1 Å². The molecule has 0 radical (unpaired) electrons. The number of carbonyl (C=O) groups is 3. The summed E-state index contributed by atoms with van der Waals surface area (Å²) in [5.74, 6) is -0.551. The molecule has 0 atom stereocenters. The average molecular weight is 539 g/mol. The molecule has 2 aromatic rings. The minimum atomic E-state index is -0.698. The van der Waals surface area contributed by atoms with Gasteiger partial charge in [0, 0.05) is 10.6 Å². The molecule has 2 aromatic carbocycles. The maximum absolute atomic E-state index is 12.6. The van der Waals surface area contributed by atoms with E-state index in [1.54, 1.807) is 51.1 Å². The zero-order valence-corrected chi connectivity index (χ0v) is 20.8. The van der Waals surface area contributed by atoms with E-state index in [1.165, 1.54) is 0 Å². The van der Waals surface area contributed by atoms with Crippen LogP contribution < -0.4 is 4.74 Å². The van der Waals surface area contributed by atoms with Gasteiger partial charge >= 0.3 is 5.97 Å². The van der Waals surface area contributed by atoms with Gasteiger partial charge in [-0.1, -0.05) is 35.9 Å². The Morgan fingerprint density at radius 3 is 2.56 bits per heavy atom. The SMILES string of the molecule is CC(C)(C)OC(=O)CN1C(=O)SC(=Cc2ccc(OCc3ccccc3Cl)c(Br)c2)C1=O. The monoisotopic (exact) mass is 537 g/mol. The quantitative estimate of drug-likeness (QED) is 0.329. The fraction of sp³-hybridized carbons (Fsp3) is 0.261. The highest BCUT2D eigenvalue weighted by Gasteiger charge is 2.37. The molecule has 0 N–H and O–H groups in total. The summed E-state index contributed by atoms with van der Waals surface area (Å²) in [5, 5.41) is 0.119. The number of nitrogens with zero attached hydrogens (tertiary/aromatic N) is 1. The van der Waals surface area contributed by atoms with Crippen LogP contribution in [-0.2, 0) is 20.9 Å². The van der Waals surface area contributed by atoms with Crippen molar-refractivity contribution < 1.29 is 23.9 Å².